The van der Waals surface area contributed by atoms with E-state index in [1.165, 1.54) is 81.8 Å². The van der Waals surface area contributed by atoms with Gasteiger partial charge in [-0.15, -0.1) is 0 Å². The lowest BCUT2D eigenvalue weighted by Gasteiger charge is -2.35. The second-order valence-electron chi connectivity index (χ2n) is 12.1. The number of nitrogens with zero attached hydrogens (tertiary/aromatic N) is 1. The van der Waals surface area contributed by atoms with Gasteiger partial charge in [-0.05, 0) is 37.8 Å². The van der Waals surface area contributed by atoms with Crippen molar-refractivity contribution in [2.45, 2.75) is 136 Å². The van der Waals surface area contributed by atoms with Crippen LogP contribution in [-0.2, 0) is 22.5 Å². The van der Waals surface area contributed by atoms with Gasteiger partial charge in [0.05, 0.1) is 14.1 Å². The van der Waals surface area contributed by atoms with E-state index < -0.39 is 6.29 Å². The highest BCUT2D eigenvalue weighted by Crippen LogP contribution is 2.24. The molecule has 0 N–H and O–H groups in total. The number of carbonyl (C=O) groups excluding carboxylic acids is 1. The lowest BCUT2D eigenvalue weighted by Crippen LogP contribution is -2.52. The summed E-state index contributed by atoms with van der Waals surface area (Å²) < 4.78 is 12.8. The third kappa shape index (κ3) is 13.4. The summed E-state index contributed by atoms with van der Waals surface area (Å²) in [5.74, 6) is 0.639. The van der Waals surface area contributed by atoms with Gasteiger partial charge < -0.3 is 14.0 Å². The molecule has 0 spiro atoms. The minimum Gasteiger partial charge on any atom is -0.454 e. The van der Waals surface area contributed by atoms with Gasteiger partial charge in [0, 0.05) is 12.0 Å². The highest BCUT2D eigenvalue weighted by molar-refractivity contribution is 5.74. The van der Waals surface area contributed by atoms with E-state index in [-0.39, 0.29) is 12.0 Å². The van der Waals surface area contributed by atoms with Gasteiger partial charge >= 0.3 is 5.97 Å². The molecule has 0 amide bonds. The van der Waals surface area contributed by atoms with Crippen molar-refractivity contribution in [1.29, 1.82) is 0 Å². The van der Waals surface area contributed by atoms with Crippen LogP contribution in [-0.4, -0.2) is 36.9 Å². The fourth-order valence-electron chi connectivity index (χ4n) is 5.21. The van der Waals surface area contributed by atoms with E-state index in [0.717, 1.165) is 31.6 Å². The molecule has 0 saturated carbocycles. The van der Waals surface area contributed by atoms with Gasteiger partial charge in [0.25, 0.3) is 0 Å². The summed E-state index contributed by atoms with van der Waals surface area (Å²) in [6.07, 6.45) is 18.2. The Balaban J connectivity index is 1.79. The third-order valence-corrected chi connectivity index (χ3v) is 8.13. The van der Waals surface area contributed by atoms with E-state index in [2.05, 4.69) is 52.2 Å². The van der Waals surface area contributed by atoms with Crippen LogP contribution >= 0.6 is 0 Å². The highest BCUT2D eigenvalue weighted by atomic mass is 16.7. The average molecular weight is 553 g/mol. The van der Waals surface area contributed by atoms with Crippen molar-refractivity contribution >= 4 is 5.97 Å². The molecule has 40 heavy (non-hydrogen) atoms. The zero-order valence-corrected chi connectivity index (χ0v) is 26.3. The van der Waals surface area contributed by atoms with Gasteiger partial charge in [0.1, 0.15) is 12.3 Å². The molecule has 0 bridgehead atoms. The highest BCUT2D eigenvalue weighted by Gasteiger charge is 2.34. The number of likely N-dealkylation sites (N-methyl/N-ethyl adjacent to an activating group) is 1. The maximum absolute atomic E-state index is 13.2. The summed E-state index contributed by atoms with van der Waals surface area (Å²) in [5, 5.41) is 0. The quantitative estimate of drug-likeness (QED) is 0.0631. The maximum Gasteiger partial charge on any atom is 0.367 e. The number of para-hydroxylation sites is 1. The number of hydrogen-bond acceptors (Lipinski definition) is 3. The molecule has 2 unspecified atom stereocenters. The first-order valence-corrected chi connectivity index (χ1v) is 16.2. The largest absolute Gasteiger partial charge is 0.454 e. The Morgan fingerprint density at radius 2 is 1.27 bits per heavy atom. The van der Waals surface area contributed by atoms with E-state index >= 15 is 0 Å². The van der Waals surface area contributed by atoms with Crippen molar-refractivity contribution in [3.63, 3.8) is 0 Å². The van der Waals surface area contributed by atoms with Crippen LogP contribution in [0.15, 0.2) is 54.6 Å². The number of esters is 1. The molecule has 2 aromatic rings. The molecule has 0 saturated heterocycles. The van der Waals surface area contributed by atoms with Gasteiger partial charge in [0.15, 0.2) is 6.04 Å². The molecule has 0 aliphatic carbocycles. The summed E-state index contributed by atoms with van der Waals surface area (Å²) >= 11 is 0. The van der Waals surface area contributed by atoms with Crippen LogP contribution in [0.5, 0.6) is 5.75 Å². The molecular weight excluding hydrogens is 494 g/mol. The number of ether oxygens (including phenoxy) is 2. The summed E-state index contributed by atoms with van der Waals surface area (Å²) in [5.41, 5.74) is 2.42. The van der Waals surface area contributed by atoms with Crippen molar-refractivity contribution in [2.75, 3.05) is 14.1 Å². The molecule has 0 radical (unpaired) electrons. The van der Waals surface area contributed by atoms with E-state index in [4.69, 9.17) is 9.47 Å². The molecule has 0 aromatic heterocycles. The van der Waals surface area contributed by atoms with E-state index in [1.807, 2.05) is 37.3 Å². The van der Waals surface area contributed by atoms with Crippen molar-refractivity contribution in [1.82, 2.24) is 0 Å². The first kappa shape index (κ1) is 33.9. The lowest BCUT2D eigenvalue weighted by molar-refractivity contribution is -0.917. The van der Waals surface area contributed by atoms with Crippen LogP contribution in [0.2, 0.25) is 0 Å². The van der Waals surface area contributed by atoms with E-state index in [9.17, 15) is 4.79 Å². The molecular formula is C36H58NO3+. The molecule has 2 aromatic carbocycles. The Labute approximate surface area is 246 Å². The van der Waals surface area contributed by atoms with Crippen LogP contribution in [0.25, 0.3) is 0 Å². The van der Waals surface area contributed by atoms with Crippen molar-refractivity contribution in [3.05, 3.63) is 65.7 Å². The minimum atomic E-state index is -0.570. The van der Waals surface area contributed by atoms with E-state index in [1.54, 1.807) is 0 Å². The number of carbonyl (C=O) groups is 1. The van der Waals surface area contributed by atoms with Gasteiger partial charge in [-0.3, -0.25) is 0 Å². The number of aryl methyl sites for hydroxylation is 1. The molecule has 0 fully saturated rings. The molecule has 0 aliphatic heterocycles. The van der Waals surface area contributed by atoms with Crippen molar-refractivity contribution in [3.8, 4) is 5.75 Å². The molecule has 224 valence electrons. The summed E-state index contributed by atoms with van der Waals surface area (Å²) in [4.78, 5) is 13.2. The SMILES string of the molecule is CCCCCCCCCCCCCCc1ccccc1OC(CCC)OC(=O)C(C)[N+](C)(C)Cc1ccccc1. The molecule has 0 aliphatic rings. The number of rotatable bonds is 22. The Kier molecular flexibility index (Phi) is 16.7. The van der Waals surface area contributed by atoms with Crippen LogP contribution in [0.4, 0.5) is 0 Å². The summed E-state index contributed by atoms with van der Waals surface area (Å²) in [6, 6.07) is 18.3. The molecule has 2 rings (SSSR count). The Hall–Kier alpha value is -2.33. The average Bonchev–Trinajstić information content (AvgIpc) is 2.94. The first-order valence-electron chi connectivity index (χ1n) is 16.2. The van der Waals surface area contributed by atoms with Gasteiger partial charge in [-0.25, -0.2) is 4.79 Å². The molecule has 2 atom stereocenters. The van der Waals surface area contributed by atoms with Gasteiger partial charge in [-0.2, -0.15) is 0 Å². The van der Waals surface area contributed by atoms with Crippen molar-refractivity contribution in [2.24, 2.45) is 0 Å². The van der Waals surface area contributed by atoms with Gasteiger partial charge in [0.2, 0.25) is 6.29 Å². The zero-order valence-electron chi connectivity index (χ0n) is 26.3. The van der Waals surface area contributed by atoms with Crippen LogP contribution in [0.3, 0.4) is 0 Å². The Morgan fingerprint density at radius 1 is 0.725 bits per heavy atom. The minimum absolute atomic E-state index is 0.210. The standard InChI is InChI=1S/C36H58NO3/c1-6-8-9-10-11-12-13-14-15-16-17-21-27-33-28-22-23-29-34(33)39-35(24-7-2)40-36(38)31(3)37(4,5)30-32-25-19-18-20-26-32/h18-20,22-23,25-26,28-29,31,35H,6-17,21,24,27,30H2,1-5H3/q+1. The number of quaternary nitrogens is 1. The Bertz CT molecular complexity index is 927. The number of unbranched alkanes of at least 4 members (excludes halogenated alkanes) is 11. The van der Waals surface area contributed by atoms with Crippen molar-refractivity contribution < 1.29 is 18.8 Å². The smallest absolute Gasteiger partial charge is 0.367 e. The maximum atomic E-state index is 13.2. The molecule has 4 heteroatoms. The predicted molar refractivity (Wildman–Crippen MR) is 168 cm³/mol. The zero-order chi connectivity index (χ0) is 29.1. The Morgan fingerprint density at radius 3 is 1.88 bits per heavy atom. The second-order valence-corrected chi connectivity index (χ2v) is 12.1. The third-order valence-electron chi connectivity index (χ3n) is 8.13. The van der Waals surface area contributed by atoms with Crippen LogP contribution < -0.4 is 4.74 Å². The van der Waals surface area contributed by atoms with Gasteiger partial charge in [-0.1, -0.05) is 133 Å². The molecule has 0 heterocycles. The van der Waals surface area contributed by atoms with E-state index in [0.29, 0.717) is 10.9 Å². The fraction of sp³-hybridized carbons (Fsp3) is 0.639. The number of hydrogen-bond donors (Lipinski definition) is 0. The second kappa shape index (κ2) is 19.7. The summed E-state index contributed by atoms with van der Waals surface area (Å²) in [6.45, 7) is 7.09. The van der Waals surface area contributed by atoms with Crippen LogP contribution in [0.1, 0.15) is 122 Å². The first-order chi connectivity index (χ1) is 19.4. The number of benzene rings is 2. The fourth-order valence-corrected chi connectivity index (χ4v) is 5.21. The predicted octanol–water partition coefficient (Wildman–Crippen LogP) is 9.64. The lowest BCUT2D eigenvalue weighted by atomic mass is 10.0. The monoisotopic (exact) mass is 552 g/mol. The topological polar surface area (TPSA) is 35.5 Å². The molecule has 4 nitrogen and oxygen atoms in total. The van der Waals surface area contributed by atoms with Crippen LogP contribution in [0, 0.1) is 0 Å². The normalized spacial score (nSPS) is 13.1. The summed E-state index contributed by atoms with van der Waals surface area (Å²) in [7, 11) is 4.16.